The van der Waals surface area contributed by atoms with Crippen LogP contribution in [0.25, 0.3) is 0 Å². The summed E-state index contributed by atoms with van der Waals surface area (Å²) in [5, 5.41) is 2.72. The lowest BCUT2D eigenvalue weighted by Gasteiger charge is -2.30. The van der Waals surface area contributed by atoms with Crippen LogP contribution in [0.5, 0.6) is 0 Å². The Balaban J connectivity index is 2.16. The van der Waals surface area contributed by atoms with Gasteiger partial charge in [-0.15, -0.1) is 0 Å². The number of amides is 1. The minimum absolute atomic E-state index is 0.0810. The van der Waals surface area contributed by atoms with Crippen LogP contribution in [0, 0.1) is 0 Å². The number of ether oxygens (including phenoxy) is 5. The molecule has 0 spiro atoms. The molecule has 3 N–H and O–H groups in total. The molecule has 0 unspecified atom stereocenters. The summed E-state index contributed by atoms with van der Waals surface area (Å²) in [6.45, 7) is 5.11. The number of hydrogen-bond donors (Lipinski definition) is 2. The normalized spacial score (nSPS) is 33.6. The number of rotatable bonds is 6. The zero-order valence-corrected chi connectivity index (χ0v) is 14.6. The van der Waals surface area contributed by atoms with Gasteiger partial charge < -0.3 is 34.7 Å². The molecule has 2 aliphatic rings. The van der Waals surface area contributed by atoms with E-state index in [2.05, 4.69) is 5.32 Å². The van der Waals surface area contributed by atoms with Crippen LogP contribution in [0.2, 0.25) is 0 Å². The molecule has 0 aromatic heterocycles. The number of fused-ring (bicyclic) bond motifs is 1. The van der Waals surface area contributed by atoms with Gasteiger partial charge in [0.1, 0.15) is 18.3 Å². The van der Waals surface area contributed by atoms with Crippen molar-refractivity contribution in [3.8, 4) is 0 Å². The molecule has 2 rings (SSSR count). The molecule has 138 valence electrons. The van der Waals surface area contributed by atoms with Crippen LogP contribution in [-0.2, 0) is 33.3 Å². The van der Waals surface area contributed by atoms with Crippen molar-refractivity contribution in [2.24, 2.45) is 5.73 Å². The predicted octanol–water partition coefficient (Wildman–Crippen LogP) is -0.727. The lowest BCUT2D eigenvalue weighted by molar-refractivity contribution is -0.220. The van der Waals surface area contributed by atoms with Crippen molar-refractivity contribution in [1.29, 1.82) is 0 Å². The third-order valence-corrected chi connectivity index (χ3v) is 4.05. The van der Waals surface area contributed by atoms with E-state index in [9.17, 15) is 9.59 Å². The smallest absolute Gasteiger partial charge is 0.307 e. The molecule has 6 atom stereocenters. The number of carbonyl (C=O) groups is 2. The van der Waals surface area contributed by atoms with E-state index in [1.807, 2.05) is 0 Å². The summed E-state index contributed by atoms with van der Waals surface area (Å²) in [5.41, 5.74) is 5.59. The van der Waals surface area contributed by atoms with Crippen LogP contribution in [0.3, 0.4) is 0 Å². The third kappa shape index (κ3) is 4.04. The van der Waals surface area contributed by atoms with Gasteiger partial charge in [-0.2, -0.15) is 0 Å². The fourth-order valence-corrected chi connectivity index (χ4v) is 2.92. The van der Waals surface area contributed by atoms with Gasteiger partial charge >= 0.3 is 5.97 Å². The Morgan fingerprint density at radius 3 is 2.50 bits per heavy atom. The highest BCUT2D eigenvalue weighted by Crippen LogP contribution is 2.39. The topological polar surface area (TPSA) is 118 Å². The number of hydrogen-bond acceptors (Lipinski definition) is 8. The van der Waals surface area contributed by atoms with Crippen LogP contribution < -0.4 is 11.1 Å². The molecule has 2 saturated heterocycles. The first-order valence-electron chi connectivity index (χ1n) is 7.85. The van der Waals surface area contributed by atoms with E-state index in [-0.39, 0.29) is 6.42 Å². The van der Waals surface area contributed by atoms with Crippen LogP contribution >= 0.6 is 0 Å². The summed E-state index contributed by atoms with van der Waals surface area (Å²) in [6, 6.07) is -1.40. The Morgan fingerprint density at radius 1 is 1.29 bits per heavy atom. The van der Waals surface area contributed by atoms with Crippen molar-refractivity contribution >= 4 is 11.9 Å². The highest BCUT2D eigenvalue weighted by Gasteiger charge is 2.57. The average molecular weight is 346 g/mol. The number of nitrogens with two attached hydrogens (primary N) is 1. The molecule has 2 heterocycles. The molecule has 1 amide bonds. The van der Waals surface area contributed by atoms with E-state index in [4.69, 9.17) is 29.4 Å². The molecule has 24 heavy (non-hydrogen) atoms. The molecule has 0 aromatic rings. The Morgan fingerprint density at radius 2 is 1.96 bits per heavy atom. The van der Waals surface area contributed by atoms with Crippen molar-refractivity contribution in [3.63, 3.8) is 0 Å². The first kappa shape index (κ1) is 19.1. The maximum Gasteiger partial charge on any atom is 0.307 e. The van der Waals surface area contributed by atoms with Gasteiger partial charge in [0.15, 0.2) is 12.1 Å². The lowest BCUT2D eigenvalue weighted by Crippen LogP contribution is -2.54. The van der Waals surface area contributed by atoms with Crippen LogP contribution in [0.4, 0.5) is 0 Å². The Hall–Kier alpha value is -1.26. The summed E-state index contributed by atoms with van der Waals surface area (Å²) in [7, 11) is 2.79. The van der Waals surface area contributed by atoms with Gasteiger partial charge in [0.25, 0.3) is 0 Å². The second-order valence-corrected chi connectivity index (χ2v) is 6.45. The third-order valence-electron chi connectivity index (χ3n) is 4.05. The average Bonchev–Trinajstić information content (AvgIpc) is 2.97. The summed E-state index contributed by atoms with van der Waals surface area (Å²) in [5.74, 6) is -1.67. The molecule has 9 heteroatoms. The molecular formula is C15H26N2O7. The maximum atomic E-state index is 12.0. The monoisotopic (exact) mass is 346 g/mol. The van der Waals surface area contributed by atoms with Gasteiger partial charge in [0, 0.05) is 7.11 Å². The van der Waals surface area contributed by atoms with Gasteiger partial charge in [-0.3, -0.25) is 9.59 Å². The fraction of sp³-hybridized carbons (Fsp3) is 0.867. The Kier molecular flexibility index (Phi) is 5.82. The van der Waals surface area contributed by atoms with Gasteiger partial charge in [0.2, 0.25) is 5.91 Å². The van der Waals surface area contributed by atoms with E-state index in [1.165, 1.54) is 14.2 Å². The SMILES string of the molecule is COC(=O)C[C@@H](NC(=O)[C@H](C)N)[C@H]1O[C@@H]2OC(C)(C)O[C@@H]2[C@@H]1OC. The fourth-order valence-electron chi connectivity index (χ4n) is 2.92. The van der Waals surface area contributed by atoms with E-state index < -0.39 is 54.3 Å². The summed E-state index contributed by atoms with van der Waals surface area (Å²) < 4.78 is 27.6. The summed E-state index contributed by atoms with van der Waals surface area (Å²) >= 11 is 0. The van der Waals surface area contributed by atoms with Crippen molar-refractivity contribution < 1.29 is 33.3 Å². The second-order valence-electron chi connectivity index (χ2n) is 6.45. The van der Waals surface area contributed by atoms with Gasteiger partial charge in [-0.1, -0.05) is 0 Å². The van der Waals surface area contributed by atoms with Crippen molar-refractivity contribution in [2.75, 3.05) is 14.2 Å². The minimum atomic E-state index is -0.788. The number of carbonyl (C=O) groups excluding carboxylic acids is 2. The van der Waals surface area contributed by atoms with Crippen LogP contribution in [-0.4, -0.2) is 68.6 Å². The van der Waals surface area contributed by atoms with E-state index >= 15 is 0 Å². The first-order chi connectivity index (χ1) is 11.2. The van der Waals surface area contributed by atoms with Crippen LogP contribution in [0.15, 0.2) is 0 Å². The lowest BCUT2D eigenvalue weighted by atomic mass is 10.00. The highest BCUT2D eigenvalue weighted by molar-refractivity contribution is 5.82. The molecular weight excluding hydrogens is 320 g/mol. The zero-order valence-electron chi connectivity index (χ0n) is 14.6. The standard InChI is InChI=1S/C15H26N2O7/c1-7(16)13(19)17-8(6-9(18)20-4)10-11(21-5)12-14(22-10)24-15(2,3)23-12/h7-8,10-12,14H,6,16H2,1-5H3,(H,17,19)/t7-,8+,10+,11+,12+,14+/m0/s1. The molecule has 9 nitrogen and oxygen atoms in total. The van der Waals surface area contributed by atoms with E-state index in [0.29, 0.717) is 0 Å². The van der Waals surface area contributed by atoms with E-state index in [0.717, 1.165) is 0 Å². The molecule has 0 saturated carbocycles. The number of methoxy groups -OCH3 is 2. The quantitative estimate of drug-likeness (QED) is 0.605. The minimum Gasteiger partial charge on any atom is -0.469 e. The largest absolute Gasteiger partial charge is 0.469 e. The van der Waals surface area contributed by atoms with Gasteiger partial charge in [0.05, 0.1) is 25.6 Å². The number of nitrogens with one attached hydrogen (secondary N) is 1. The molecule has 0 bridgehead atoms. The molecule has 0 aromatic carbocycles. The molecule has 2 aliphatic heterocycles. The number of esters is 1. The predicted molar refractivity (Wildman–Crippen MR) is 81.7 cm³/mol. The van der Waals surface area contributed by atoms with E-state index in [1.54, 1.807) is 20.8 Å². The highest BCUT2D eigenvalue weighted by atomic mass is 16.8. The zero-order chi connectivity index (χ0) is 18.1. The second kappa shape index (κ2) is 7.32. The first-order valence-corrected chi connectivity index (χ1v) is 7.85. The molecule has 0 aliphatic carbocycles. The van der Waals surface area contributed by atoms with Crippen molar-refractivity contribution in [1.82, 2.24) is 5.32 Å². The van der Waals surface area contributed by atoms with Crippen LogP contribution in [0.1, 0.15) is 27.2 Å². The summed E-state index contributed by atoms with van der Waals surface area (Å²) in [4.78, 5) is 23.7. The Bertz CT molecular complexity index is 482. The van der Waals surface area contributed by atoms with Gasteiger partial charge in [-0.25, -0.2) is 0 Å². The maximum absolute atomic E-state index is 12.0. The van der Waals surface area contributed by atoms with Gasteiger partial charge in [-0.05, 0) is 20.8 Å². The van der Waals surface area contributed by atoms with Crippen molar-refractivity contribution in [2.45, 2.75) is 69.7 Å². The molecule has 2 fully saturated rings. The molecule has 0 radical (unpaired) electrons. The van der Waals surface area contributed by atoms with Crippen molar-refractivity contribution in [3.05, 3.63) is 0 Å². The Labute approximate surface area is 141 Å². The summed E-state index contributed by atoms with van der Waals surface area (Å²) in [6.07, 6.45) is -2.32.